The van der Waals surface area contributed by atoms with Gasteiger partial charge in [0.2, 0.25) is 0 Å². The number of aliphatic carboxylic acids is 1. The van der Waals surface area contributed by atoms with Gasteiger partial charge in [-0.1, -0.05) is 30.3 Å². The van der Waals surface area contributed by atoms with Crippen LogP contribution in [0, 0.1) is 5.92 Å². The molecule has 1 aromatic rings. The number of hydrogen-bond donors (Lipinski definition) is 2. The van der Waals surface area contributed by atoms with Crippen molar-refractivity contribution in [2.75, 3.05) is 13.1 Å². The predicted octanol–water partition coefficient (Wildman–Crippen LogP) is 2.64. The van der Waals surface area contributed by atoms with Gasteiger partial charge < -0.3 is 15.3 Å². The summed E-state index contributed by atoms with van der Waals surface area (Å²) in [5.74, 6) is -0.463. The van der Waals surface area contributed by atoms with Crippen LogP contribution in [-0.2, 0) is 4.79 Å². The number of benzene rings is 1. The van der Waals surface area contributed by atoms with Gasteiger partial charge in [0.05, 0.1) is 6.04 Å². The lowest BCUT2D eigenvalue weighted by Gasteiger charge is -2.21. The molecule has 114 valence electrons. The highest BCUT2D eigenvalue weighted by molar-refractivity contribution is 5.75. The topological polar surface area (TPSA) is 69.6 Å². The Morgan fingerprint density at radius 3 is 2.76 bits per heavy atom. The number of carbonyl (C=O) groups excluding carboxylic acids is 1. The van der Waals surface area contributed by atoms with E-state index in [0.29, 0.717) is 25.4 Å². The molecule has 0 aromatic heterocycles. The third-order valence-electron chi connectivity index (χ3n) is 3.98. The summed E-state index contributed by atoms with van der Waals surface area (Å²) >= 11 is 0. The Bertz CT molecular complexity index is 490. The summed E-state index contributed by atoms with van der Waals surface area (Å²) in [6, 6.07) is 9.74. The average Bonchev–Trinajstić information content (AvgIpc) is 2.95. The summed E-state index contributed by atoms with van der Waals surface area (Å²) in [5, 5.41) is 11.7. The van der Waals surface area contributed by atoms with Gasteiger partial charge in [-0.15, -0.1) is 0 Å². The van der Waals surface area contributed by atoms with Crippen molar-refractivity contribution in [1.29, 1.82) is 0 Å². The SMILES string of the molecule is CC(NC(=O)N1CCC(CCC(=O)O)C1)c1ccccc1. The summed E-state index contributed by atoms with van der Waals surface area (Å²) < 4.78 is 0. The molecule has 0 aliphatic carbocycles. The number of carboxylic acid groups (broad SMARTS) is 1. The maximum Gasteiger partial charge on any atom is 0.317 e. The van der Waals surface area contributed by atoms with Crippen LogP contribution in [0.3, 0.4) is 0 Å². The molecule has 5 heteroatoms. The number of nitrogens with zero attached hydrogens (tertiary/aromatic N) is 1. The summed E-state index contributed by atoms with van der Waals surface area (Å²) in [6.45, 7) is 3.32. The van der Waals surface area contributed by atoms with Gasteiger partial charge in [-0.25, -0.2) is 4.79 Å². The minimum absolute atomic E-state index is 0.0308. The first-order valence-electron chi connectivity index (χ1n) is 7.38. The molecule has 0 bridgehead atoms. The Hall–Kier alpha value is -2.04. The third kappa shape index (κ3) is 4.48. The van der Waals surface area contributed by atoms with Crippen LogP contribution in [0.25, 0.3) is 0 Å². The van der Waals surface area contributed by atoms with E-state index in [4.69, 9.17) is 5.11 Å². The highest BCUT2D eigenvalue weighted by Gasteiger charge is 2.27. The van der Waals surface area contributed by atoms with Crippen molar-refractivity contribution >= 4 is 12.0 Å². The molecule has 2 N–H and O–H groups in total. The first kappa shape index (κ1) is 15.4. The zero-order chi connectivity index (χ0) is 15.2. The van der Waals surface area contributed by atoms with Crippen LogP contribution < -0.4 is 5.32 Å². The molecular formula is C16H22N2O3. The molecular weight excluding hydrogens is 268 g/mol. The van der Waals surface area contributed by atoms with E-state index in [-0.39, 0.29) is 18.5 Å². The maximum absolute atomic E-state index is 12.2. The van der Waals surface area contributed by atoms with Crippen molar-refractivity contribution in [2.45, 2.75) is 32.2 Å². The highest BCUT2D eigenvalue weighted by atomic mass is 16.4. The number of nitrogens with one attached hydrogen (secondary N) is 1. The van der Waals surface area contributed by atoms with Crippen LogP contribution in [-0.4, -0.2) is 35.1 Å². The second-order valence-electron chi connectivity index (χ2n) is 5.61. The van der Waals surface area contributed by atoms with Gasteiger partial charge in [0.15, 0.2) is 0 Å². The standard InChI is InChI=1S/C16H22N2O3/c1-12(14-5-3-2-4-6-14)17-16(21)18-10-9-13(11-18)7-8-15(19)20/h2-6,12-13H,7-11H2,1H3,(H,17,21)(H,19,20). The molecule has 2 amide bonds. The fourth-order valence-electron chi connectivity index (χ4n) is 2.68. The number of carbonyl (C=O) groups is 2. The van der Waals surface area contributed by atoms with Crippen molar-refractivity contribution in [3.8, 4) is 0 Å². The number of amides is 2. The number of likely N-dealkylation sites (tertiary alicyclic amines) is 1. The monoisotopic (exact) mass is 290 g/mol. The van der Waals surface area contributed by atoms with Crippen molar-refractivity contribution in [3.05, 3.63) is 35.9 Å². The van der Waals surface area contributed by atoms with Gasteiger partial charge >= 0.3 is 12.0 Å². The third-order valence-corrected chi connectivity index (χ3v) is 3.98. The first-order chi connectivity index (χ1) is 10.1. The van der Waals surface area contributed by atoms with E-state index in [1.165, 1.54) is 0 Å². The van der Waals surface area contributed by atoms with Crippen LogP contribution in [0.5, 0.6) is 0 Å². The Morgan fingerprint density at radius 2 is 2.10 bits per heavy atom. The molecule has 1 aliphatic rings. The Balaban J connectivity index is 1.80. The summed E-state index contributed by atoms with van der Waals surface area (Å²) in [4.78, 5) is 24.6. The molecule has 21 heavy (non-hydrogen) atoms. The van der Waals surface area contributed by atoms with E-state index in [0.717, 1.165) is 12.0 Å². The Labute approximate surface area is 125 Å². The molecule has 1 aliphatic heterocycles. The van der Waals surface area contributed by atoms with E-state index in [9.17, 15) is 9.59 Å². The fraction of sp³-hybridized carbons (Fsp3) is 0.500. The lowest BCUT2D eigenvalue weighted by molar-refractivity contribution is -0.137. The molecule has 0 spiro atoms. The van der Waals surface area contributed by atoms with Crippen molar-refractivity contribution in [1.82, 2.24) is 10.2 Å². The van der Waals surface area contributed by atoms with Crippen molar-refractivity contribution in [2.24, 2.45) is 5.92 Å². The summed E-state index contributed by atoms with van der Waals surface area (Å²) in [5.41, 5.74) is 1.08. The molecule has 0 radical (unpaired) electrons. The zero-order valence-electron chi connectivity index (χ0n) is 12.3. The van der Waals surface area contributed by atoms with Gasteiger partial charge in [0.1, 0.15) is 0 Å². The molecule has 1 aromatic carbocycles. The maximum atomic E-state index is 12.2. The summed E-state index contributed by atoms with van der Waals surface area (Å²) in [7, 11) is 0. The Kier molecular flexibility index (Phi) is 5.20. The number of rotatable bonds is 5. The molecule has 1 saturated heterocycles. The van der Waals surface area contributed by atoms with Crippen LogP contribution in [0.15, 0.2) is 30.3 Å². The molecule has 1 fully saturated rings. The van der Waals surface area contributed by atoms with Crippen molar-refractivity contribution < 1.29 is 14.7 Å². The molecule has 2 rings (SSSR count). The molecule has 2 atom stereocenters. The number of carboxylic acids is 1. The van der Waals surface area contributed by atoms with E-state index < -0.39 is 5.97 Å². The smallest absolute Gasteiger partial charge is 0.317 e. The van der Waals surface area contributed by atoms with Gasteiger partial charge in [-0.3, -0.25) is 4.79 Å². The van der Waals surface area contributed by atoms with Gasteiger partial charge in [-0.2, -0.15) is 0 Å². The van der Waals surface area contributed by atoms with E-state index in [2.05, 4.69) is 5.32 Å². The van der Waals surface area contributed by atoms with Crippen LogP contribution >= 0.6 is 0 Å². The average molecular weight is 290 g/mol. The minimum atomic E-state index is -0.768. The van der Waals surface area contributed by atoms with E-state index in [1.54, 1.807) is 4.90 Å². The zero-order valence-corrected chi connectivity index (χ0v) is 12.3. The fourth-order valence-corrected chi connectivity index (χ4v) is 2.68. The van der Waals surface area contributed by atoms with Gasteiger partial charge in [0, 0.05) is 19.5 Å². The second-order valence-corrected chi connectivity index (χ2v) is 5.61. The normalized spacial score (nSPS) is 19.3. The van der Waals surface area contributed by atoms with Crippen molar-refractivity contribution in [3.63, 3.8) is 0 Å². The quantitative estimate of drug-likeness (QED) is 0.876. The lowest BCUT2D eigenvalue weighted by atomic mass is 10.0. The van der Waals surface area contributed by atoms with Crippen LogP contribution in [0.2, 0.25) is 0 Å². The van der Waals surface area contributed by atoms with Gasteiger partial charge in [-0.05, 0) is 31.2 Å². The minimum Gasteiger partial charge on any atom is -0.481 e. The summed E-state index contributed by atoms with van der Waals surface area (Å²) in [6.07, 6.45) is 1.72. The molecule has 0 saturated carbocycles. The molecule has 1 heterocycles. The van der Waals surface area contributed by atoms with E-state index >= 15 is 0 Å². The Morgan fingerprint density at radius 1 is 1.38 bits per heavy atom. The lowest BCUT2D eigenvalue weighted by Crippen LogP contribution is -2.39. The first-order valence-corrected chi connectivity index (χ1v) is 7.38. The van der Waals surface area contributed by atoms with Crippen LogP contribution in [0.4, 0.5) is 4.79 Å². The highest BCUT2D eigenvalue weighted by Crippen LogP contribution is 2.21. The van der Waals surface area contributed by atoms with E-state index in [1.807, 2.05) is 37.3 Å². The van der Waals surface area contributed by atoms with Crippen LogP contribution in [0.1, 0.15) is 37.8 Å². The second kappa shape index (κ2) is 7.11. The largest absolute Gasteiger partial charge is 0.481 e. The van der Waals surface area contributed by atoms with Gasteiger partial charge in [0.25, 0.3) is 0 Å². The number of urea groups is 1. The molecule has 2 unspecified atom stereocenters. The number of hydrogen-bond acceptors (Lipinski definition) is 2. The molecule has 5 nitrogen and oxygen atoms in total. The predicted molar refractivity (Wildman–Crippen MR) is 79.9 cm³/mol.